The molecule has 0 spiro atoms. The first-order valence-corrected chi connectivity index (χ1v) is 11.0. The van der Waals surface area contributed by atoms with Gasteiger partial charge in [0.15, 0.2) is 28.9 Å². The van der Waals surface area contributed by atoms with Crippen LogP contribution in [0.3, 0.4) is 0 Å². The highest BCUT2D eigenvalue weighted by Crippen LogP contribution is 2.45. The van der Waals surface area contributed by atoms with Crippen LogP contribution in [0.15, 0.2) is 54.1 Å². The average molecular weight is 536 g/mol. The Balaban J connectivity index is 1.99. The fourth-order valence-electron chi connectivity index (χ4n) is 3.97. The first-order valence-electron chi connectivity index (χ1n) is 10.2. The third kappa shape index (κ3) is 4.20. The molecule has 1 fully saturated rings. The number of aliphatic hydroxyl groups excluding tert-OH is 1. The van der Waals surface area contributed by atoms with Gasteiger partial charge in [-0.25, -0.2) is 8.78 Å². The molecule has 4 rings (SSSR count). The fraction of sp³-hybridized carbons (Fsp3) is 0.120. The van der Waals surface area contributed by atoms with E-state index in [0.717, 1.165) is 23.1 Å². The van der Waals surface area contributed by atoms with E-state index in [2.05, 4.69) is 0 Å². The quantitative estimate of drug-likeness (QED) is 0.250. The number of carbonyl (C=O) groups excluding carboxylic acids is 2. The molecule has 2 N–H and O–H groups in total. The van der Waals surface area contributed by atoms with Crippen molar-refractivity contribution in [2.45, 2.75) is 6.04 Å². The Bertz CT molecular complexity index is 1420. The lowest BCUT2D eigenvalue weighted by Gasteiger charge is -2.26. The second kappa shape index (κ2) is 9.67. The van der Waals surface area contributed by atoms with Crippen LogP contribution in [0, 0.1) is 11.6 Å². The number of halogens is 4. The van der Waals surface area contributed by atoms with E-state index in [-0.39, 0.29) is 44.1 Å². The van der Waals surface area contributed by atoms with Crippen molar-refractivity contribution in [3.05, 3.63) is 86.9 Å². The monoisotopic (exact) mass is 535 g/mol. The molecule has 3 aromatic carbocycles. The molecule has 7 nitrogen and oxygen atoms in total. The number of aliphatic hydroxyl groups is 1. The van der Waals surface area contributed by atoms with E-state index in [1.807, 2.05) is 0 Å². The van der Waals surface area contributed by atoms with E-state index in [0.29, 0.717) is 0 Å². The number of phenolic OH excluding ortho intramolecular Hbond substituents is 1. The lowest BCUT2D eigenvalue weighted by atomic mass is 9.94. The topological polar surface area (TPSA) is 96.3 Å². The molecule has 11 heteroatoms. The molecule has 1 atom stereocenters. The van der Waals surface area contributed by atoms with E-state index in [9.17, 15) is 28.6 Å². The maximum atomic E-state index is 14.1. The van der Waals surface area contributed by atoms with Crippen molar-refractivity contribution < 1.29 is 38.1 Å². The number of hydrogen-bond acceptors (Lipinski definition) is 6. The van der Waals surface area contributed by atoms with Crippen molar-refractivity contribution in [1.82, 2.24) is 0 Å². The molecule has 1 heterocycles. The van der Waals surface area contributed by atoms with Gasteiger partial charge in [0.1, 0.15) is 5.76 Å². The molecule has 0 radical (unpaired) electrons. The number of nitrogens with zero attached hydrogens (tertiary/aromatic N) is 1. The number of amides is 1. The molecule has 1 amide bonds. The van der Waals surface area contributed by atoms with Gasteiger partial charge in [-0.1, -0.05) is 29.3 Å². The van der Waals surface area contributed by atoms with Crippen molar-refractivity contribution in [1.29, 1.82) is 0 Å². The largest absolute Gasteiger partial charge is 0.507 e. The number of benzene rings is 3. The third-order valence-electron chi connectivity index (χ3n) is 5.62. The number of anilines is 1. The number of carbonyl (C=O) groups is 2. The number of methoxy groups -OCH3 is 2. The van der Waals surface area contributed by atoms with Crippen LogP contribution in [0.4, 0.5) is 14.5 Å². The Labute approximate surface area is 213 Å². The molecule has 0 saturated carbocycles. The minimum Gasteiger partial charge on any atom is -0.507 e. The number of rotatable bonds is 5. The predicted octanol–water partition coefficient (Wildman–Crippen LogP) is 5.62. The van der Waals surface area contributed by atoms with Gasteiger partial charge in [-0.15, -0.1) is 0 Å². The molecule has 0 bridgehead atoms. The maximum absolute atomic E-state index is 14.1. The standard InChI is InChI=1S/C25H17Cl2F2NO6/c1-35-19-6-3-11(9-18(19)31)21-20(22(32)12-7-14(26)24(36-2)15(27)8-12)23(33)25(34)30(21)13-4-5-16(28)17(29)10-13/h3-10,21,31-32H,1-2H3/b22-20+. The first kappa shape index (κ1) is 25.3. The predicted molar refractivity (Wildman–Crippen MR) is 129 cm³/mol. The number of Topliss-reactive ketones (excluding diaryl/α,β-unsaturated/α-hetero) is 1. The Kier molecular flexibility index (Phi) is 6.79. The lowest BCUT2D eigenvalue weighted by Crippen LogP contribution is -2.29. The molecule has 1 aliphatic rings. The van der Waals surface area contributed by atoms with Crippen LogP contribution in [0.25, 0.3) is 5.76 Å². The van der Waals surface area contributed by atoms with Gasteiger partial charge < -0.3 is 19.7 Å². The number of ketones is 1. The molecule has 0 aromatic heterocycles. The molecule has 1 unspecified atom stereocenters. The number of ether oxygens (including phenoxy) is 2. The van der Waals surface area contributed by atoms with E-state index in [4.69, 9.17) is 32.7 Å². The molecule has 186 valence electrons. The van der Waals surface area contributed by atoms with Crippen LogP contribution in [-0.4, -0.2) is 36.1 Å². The molecule has 3 aromatic rings. The summed E-state index contributed by atoms with van der Waals surface area (Å²) in [5, 5.41) is 21.6. The van der Waals surface area contributed by atoms with Gasteiger partial charge in [-0.05, 0) is 42.0 Å². The number of phenols is 1. The van der Waals surface area contributed by atoms with E-state index in [1.165, 1.54) is 44.6 Å². The van der Waals surface area contributed by atoms with Gasteiger partial charge in [0.05, 0.1) is 35.9 Å². The minimum atomic E-state index is -1.34. The van der Waals surface area contributed by atoms with Crippen molar-refractivity contribution in [3.63, 3.8) is 0 Å². The summed E-state index contributed by atoms with van der Waals surface area (Å²) < 4.78 is 37.8. The zero-order valence-electron chi connectivity index (χ0n) is 18.7. The van der Waals surface area contributed by atoms with E-state index in [1.54, 1.807) is 0 Å². The Hall–Kier alpha value is -3.82. The van der Waals surface area contributed by atoms with Gasteiger partial charge in [0, 0.05) is 17.3 Å². The summed E-state index contributed by atoms with van der Waals surface area (Å²) in [6.07, 6.45) is 0. The minimum absolute atomic E-state index is 0.00294. The summed E-state index contributed by atoms with van der Waals surface area (Å²) in [4.78, 5) is 27.2. The molecule has 36 heavy (non-hydrogen) atoms. The molecular formula is C25H17Cl2F2NO6. The zero-order valence-corrected chi connectivity index (χ0v) is 20.2. The van der Waals surface area contributed by atoms with Gasteiger partial charge in [-0.2, -0.15) is 0 Å². The van der Waals surface area contributed by atoms with Crippen LogP contribution >= 0.6 is 23.2 Å². The fourth-order valence-corrected chi connectivity index (χ4v) is 4.61. The normalized spacial score (nSPS) is 16.9. The summed E-state index contributed by atoms with van der Waals surface area (Å²) in [6.45, 7) is 0. The first-order chi connectivity index (χ1) is 17.1. The van der Waals surface area contributed by atoms with Crippen LogP contribution in [0.1, 0.15) is 17.2 Å². The van der Waals surface area contributed by atoms with Crippen molar-refractivity contribution in [2.75, 3.05) is 19.1 Å². The summed E-state index contributed by atoms with van der Waals surface area (Å²) in [5.41, 5.74) is -0.380. The second-order valence-corrected chi connectivity index (χ2v) is 8.49. The summed E-state index contributed by atoms with van der Waals surface area (Å²) in [7, 11) is 2.68. The zero-order chi connectivity index (χ0) is 26.3. The number of hydrogen-bond donors (Lipinski definition) is 2. The summed E-state index contributed by atoms with van der Waals surface area (Å²) in [6, 6.07) is 7.95. The highest BCUT2D eigenvalue weighted by atomic mass is 35.5. The van der Waals surface area contributed by atoms with Gasteiger partial charge >= 0.3 is 0 Å². The van der Waals surface area contributed by atoms with Gasteiger partial charge in [0.25, 0.3) is 11.7 Å². The Morgan fingerprint density at radius 2 is 1.61 bits per heavy atom. The average Bonchev–Trinajstić information content (AvgIpc) is 3.10. The van der Waals surface area contributed by atoms with Crippen LogP contribution in [0.2, 0.25) is 10.0 Å². The molecule has 1 saturated heterocycles. The third-order valence-corrected chi connectivity index (χ3v) is 6.18. The van der Waals surface area contributed by atoms with Crippen LogP contribution in [-0.2, 0) is 9.59 Å². The summed E-state index contributed by atoms with van der Waals surface area (Å²) in [5.74, 6) is -5.34. The SMILES string of the molecule is COc1ccc(C2/C(=C(\O)c3cc(Cl)c(OC)c(Cl)c3)C(=O)C(=O)N2c2ccc(F)c(F)c2)cc1O. The Morgan fingerprint density at radius 1 is 0.944 bits per heavy atom. The van der Waals surface area contributed by atoms with Crippen molar-refractivity contribution >= 4 is 46.3 Å². The molecule has 1 aliphatic heterocycles. The maximum Gasteiger partial charge on any atom is 0.300 e. The molecular weight excluding hydrogens is 519 g/mol. The lowest BCUT2D eigenvalue weighted by molar-refractivity contribution is -0.132. The van der Waals surface area contributed by atoms with Gasteiger partial charge in [-0.3, -0.25) is 14.5 Å². The van der Waals surface area contributed by atoms with Crippen LogP contribution < -0.4 is 14.4 Å². The number of aromatic hydroxyl groups is 1. The van der Waals surface area contributed by atoms with E-state index >= 15 is 0 Å². The highest BCUT2D eigenvalue weighted by Gasteiger charge is 2.47. The van der Waals surface area contributed by atoms with E-state index < -0.39 is 40.7 Å². The Morgan fingerprint density at radius 3 is 2.17 bits per heavy atom. The van der Waals surface area contributed by atoms with Crippen molar-refractivity contribution in [3.8, 4) is 17.2 Å². The van der Waals surface area contributed by atoms with Gasteiger partial charge in [0.2, 0.25) is 0 Å². The highest BCUT2D eigenvalue weighted by molar-refractivity contribution is 6.51. The summed E-state index contributed by atoms with van der Waals surface area (Å²) >= 11 is 12.4. The second-order valence-electron chi connectivity index (χ2n) is 7.67. The smallest absolute Gasteiger partial charge is 0.300 e. The molecule has 0 aliphatic carbocycles. The van der Waals surface area contributed by atoms with Crippen molar-refractivity contribution in [2.24, 2.45) is 0 Å². The van der Waals surface area contributed by atoms with Crippen LogP contribution in [0.5, 0.6) is 17.2 Å².